The molecule has 1 saturated heterocycles. The summed E-state index contributed by atoms with van der Waals surface area (Å²) in [4.78, 5) is 6.61. The average molecular weight is 547 g/mol. The van der Waals surface area contributed by atoms with E-state index in [0.29, 0.717) is 0 Å². The van der Waals surface area contributed by atoms with Gasteiger partial charge in [0.15, 0.2) is 5.96 Å². The Labute approximate surface area is 201 Å². The van der Waals surface area contributed by atoms with E-state index in [9.17, 15) is 0 Å². The number of ether oxygens (including phenoxy) is 2. The van der Waals surface area contributed by atoms with E-state index in [-0.39, 0.29) is 29.4 Å². The first-order valence-electron chi connectivity index (χ1n) is 9.92. The molecule has 0 spiro atoms. The van der Waals surface area contributed by atoms with E-state index in [2.05, 4.69) is 27.3 Å². The highest BCUT2D eigenvalue weighted by Crippen LogP contribution is 2.35. The summed E-state index contributed by atoms with van der Waals surface area (Å²) in [6, 6.07) is 10.4. The molecule has 6 nitrogen and oxygen atoms in total. The number of hydrogen-bond donors (Lipinski definition) is 1. The number of benzene rings is 1. The Balaban J connectivity index is 0.00000320. The Bertz CT molecular complexity index is 832. The number of nitrogens with one attached hydrogen (secondary N) is 1. The van der Waals surface area contributed by atoms with Gasteiger partial charge in [-0.2, -0.15) is 0 Å². The van der Waals surface area contributed by atoms with Crippen LogP contribution in [0.25, 0.3) is 0 Å². The molecule has 1 aromatic carbocycles. The van der Waals surface area contributed by atoms with Gasteiger partial charge in [0.2, 0.25) is 0 Å². The molecule has 1 aliphatic rings. The fourth-order valence-corrected chi connectivity index (χ4v) is 4.22. The molecule has 2 heterocycles. The summed E-state index contributed by atoms with van der Waals surface area (Å²) in [5, 5.41) is 4.35. The maximum Gasteiger partial charge on any atom is 0.193 e. The van der Waals surface area contributed by atoms with Crippen molar-refractivity contribution < 1.29 is 9.47 Å². The molecule has 1 N–H and O–H groups in total. The third-order valence-electron chi connectivity index (χ3n) is 5.78. The number of halogens is 2. The second-order valence-corrected chi connectivity index (χ2v) is 8.08. The highest BCUT2D eigenvalue weighted by atomic mass is 127. The van der Waals surface area contributed by atoms with E-state index in [0.717, 1.165) is 61.6 Å². The van der Waals surface area contributed by atoms with Gasteiger partial charge in [-0.25, -0.2) is 0 Å². The van der Waals surface area contributed by atoms with Gasteiger partial charge in [0.25, 0.3) is 0 Å². The average Bonchev–Trinajstić information content (AvgIpc) is 3.05. The van der Waals surface area contributed by atoms with Crippen LogP contribution in [0.5, 0.6) is 5.75 Å². The quantitative estimate of drug-likeness (QED) is 0.337. The Morgan fingerprint density at radius 3 is 2.50 bits per heavy atom. The van der Waals surface area contributed by atoms with Crippen LogP contribution >= 0.6 is 35.6 Å². The number of aromatic nitrogens is 1. The molecule has 1 aromatic heterocycles. The largest absolute Gasteiger partial charge is 0.497 e. The minimum absolute atomic E-state index is 0. The van der Waals surface area contributed by atoms with E-state index in [1.54, 1.807) is 7.11 Å². The number of guanidine groups is 1. The molecule has 0 unspecified atom stereocenters. The van der Waals surface area contributed by atoms with Gasteiger partial charge in [0.05, 0.1) is 18.7 Å². The van der Waals surface area contributed by atoms with Crippen molar-refractivity contribution in [3.05, 3.63) is 52.8 Å². The molecule has 0 bridgehead atoms. The fraction of sp³-hybridized carbons (Fsp3) is 0.500. The maximum absolute atomic E-state index is 6.13. The van der Waals surface area contributed by atoms with E-state index in [4.69, 9.17) is 21.1 Å². The summed E-state index contributed by atoms with van der Waals surface area (Å²) in [6.07, 6.45) is 3.86. The van der Waals surface area contributed by atoms with Gasteiger partial charge in [-0.1, -0.05) is 23.7 Å². The predicted octanol–water partition coefficient (Wildman–Crippen LogP) is 4.06. The lowest BCUT2D eigenvalue weighted by Crippen LogP contribution is -2.48. The number of hydrogen-bond acceptors (Lipinski definition) is 3. The smallest absolute Gasteiger partial charge is 0.193 e. The van der Waals surface area contributed by atoms with Crippen molar-refractivity contribution in [2.75, 3.05) is 41.0 Å². The lowest BCUT2D eigenvalue weighted by molar-refractivity contribution is 0.0512. The third kappa shape index (κ3) is 5.82. The number of aryl methyl sites for hydroxylation is 1. The van der Waals surface area contributed by atoms with Gasteiger partial charge in [0.1, 0.15) is 5.75 Å². The van der Waals surface area contributed by atoms with Crippen LogP contribution in [0.2, 0.25) is 5.02 Å². The van der Waals surface area contributed by atoms with E-state index in [1.807, 2.05) is 50.1 Å². The SMILES string of the molecule is CN=C(NCC1(c2ccc(OC)cc2)CCOCC1)N(C)Cc1cc(Cl)cn1C.I. The number of nitrogens with zero attached hydrogens (tertiary/aromatic N) is 3. The van der Waals surface area contributed by atoms with Gasteiger partial charge in [-0.3, -0.25) is 4.99 Å². The molecule has 8 heteroatoms. The molecular weight excluding hydrogens is 515 g/mol. The number of rotatable bonds is 6. The second-order valence-electron chi connectivity index (χ2n) is 7.64. The van der Waals surface area contributed by atoms with Crippen molar-refractivity contribution in [2.45, 2.75) is 24.8 Å². The summed E-state index contributed by atoms with van der Waals surface area (Å²) < 4.78 is 13.0. The molecule has 0 saturated carbocycles. The van der Waals surface area contributed by atoms with Crippen molar-refractivity contribution in [1.82, 2.24) is 14.8 Å². The topological polar surface area (TPSA) is 51.0 Å². The van der Waals surface area contributed by atoms with E-state index < -0.39 is 0 Å². The number of methoxy groups -OCH3 is 1. The second kappa shape index (κ2) is 11.2. The summed E-state index contributed by atoms with van der Waals surface area (Å²) in [6.45, 7) is 3.06. The zero-order valence-electron chi connectivity index (χ0n) is 18.2. The molecule has 1 fully saturated rings. The lowest BCUT2D eigenvalue weighted by Gasteiger charge is -2.39. The minimum atomic E-state index is 0. The first-order chi connectivity index (χ1) is 14.0. The lowest BCUT2D eigenvalue weighted by atomic mass is 9.74. The molecule has 0 radical (unpaired) electrons. The fourth-order valence-electron chi connectivity index (χ4n) is 3.95. The minimum Gasteiger partial charge on any atom is -0.497 e. The van der Waals surface area contributed by atoms with Crippen LogP contribution in [0.15, 0.2) is 41.5 Å². The third-order valence-corrected chi connectivity index (χ3v) is 5.99. The molecule has 1 aliphatic heterocycles. The first kappa shape index (κ1) is 24.8. The Hall–Kier alpha value is -1.45. The van der Waals surface area contributed by atoms with Crippen molar-refractivity contribution >= 4 is 41.5 Å². The molecule has 2 aromatic rings. The predicted molar refractivity (Wildman–Crippen MR) is 133 cm³/mol. The van der Waals surface area contributed by atoms with Crippen molar-refractivity contribution in [1.29, 1.82) is 0 Å². The Morgan fingerprint density at radius 1 is 1.30 bits per heavy atom. The van der Waals surface area contributed by atoms with E-state index in [1.165, 1.54) is 5.56 Å². The molecule has 0 atom stereocenters. The summed E-state index contributed by atoms with van der Waals surface area (Å²) in [5.41, 5.74) is 2.45. The van der Waals surface area contributed by atoms with Gasteiger partial charge < -0.3 is 24.3 Å². The standard InChI is InChI=1S/C22H31ClN4O2.HI/c1-24-21(27(3)15-19-13-18(23)14-26(19)2)25-16-22(9-11-29-12-10-22)17-5-7-20(28-4)8-6-17;/h5-8,13-14H,9-12,15-16H2,1-4H3,(H,24,25);1H. The highest BCUT2D eigenvalue weighted by Gasteiger charge is 2.35. The molecule has 0 aliphatic carbocycles. The normalized spacial score (nSPS) is 16.0. The molecule has 30 heavy (non-hydrogen) atoms. The van der Waals surface area contributed by atoms with E-state index >= 15 is 0 Å². The zero-order chi connectivity index (χ0) is 20.9. The summed E-state index contributed by atoms with van der Waals surface area (Å²) in [5.74, 6) is 1.74. The van der Waals surface area contributed by atoms with Gasteiger partial charge in [-0.05, 0) is 36.6 Å². The Morgan fingerprint density at radius 2 is 1.97 bits per heavy atom. The Kier molecular flexibility index (Phi) is 9.31. The van der Waals surface area contributed by atoms with Crippen LogP contribution in [0.3, 0.4) is 0 Å². The molecule has 166 valence electrons. The highest BCUT2D eigenvalue weighted by molar-refractivity contribution is 14.0. The molecule has 3 rings (SSSR count). The monoisotopic (exact) mass is 546 g/mol. The maximum atomic E-state index is 6.13. The number of aliphatic imine (C=N–C) groups is 1. The zero-order valence-corrected chi connectivity index (χ0v) is 21.2. The summed E-state index contributed by atoms with van der Waals surface area (Å²) >= 11 is 6.13. The van der Waals surface area contributed by atoms with Crippen molar-refractivity contribution in [3.8, 4) is 5.75 Å². The molecular formula is C22H32ClIN4O2. The van der Waals surface area contributed by atoms with Gasteiger partial charge >= 0.3 is 0 Å². The van der Waals surface area contributed by atoms with Crippen LogP contribution in [0, 0.1) is 0 Å². The van der Waals surface area contributed by atoms with Crippen LogP contribution in [-0.2, 0) is 23.7 Å². The van der Waals surface area contributed by atoms with Crippen LogP contribution in [-0.4, -0.2) is 56.4 Å². The summed E-state index contributed by atoms with van der Waals surface area (Å²) in [7, 11) is 7.56. The van der Waals surface area contributed by atoms with Crippen molar-refractivity contribution in [3.63, 3.8) is 0 Å². The van der Waals surface area contributed by atoms with Gasteiger partial charge in [0, 0.05) is 58.2 Å². The first-order valence-corrected chi connectivity index (χ1v) is 10.3. The van der Waals surface area contributed by atoms with Gasteiger partial charge in [-0.15, -0.1) is 24.0 Å². The van der Waals surface area contributed by atoms with Crippen molar-refractivity contribution in [2.24, 2.45) is 12.0 Å². The van der Waals surface area contributed by atoms with Crippen LogP contribution in [0.4, 0.5) is 0 Å². The van der Waals surface area contributed by atoms with Crippen LogP contribution < -0.4 is 10.1 Å². The van der Waals surface area contributed by atoms with Crippen LogP contribution in [0.1, 0.15) is 24.1 Å². The molecule has 0 amide bonds.